The van der Waals surface area contributed by atoms with Gasteiger partial charge in [-0.2, -0.15) is 0 Å². The van der Waals surface area contributed by atoms with Crippen molar-refractivity contribution in [1.82, 2.24) is 14.8 Å². The predicted molar refractivity (Wildman–Crippen MR) is 93.7 cm³/mol. The van der Waals surface area contributed by atoms with Crippen LogP contribution in [0.3, 0.4) is 0 Å². The summed E-state index contributed by atoms with van der Waals surface area (Å²) in [5.41, 5.74) is 1.18. The Morgan fingerprint density at radius 2 is 2.13 bits per heavy atom. The summed E-state index contributed by atoms with van der Waals surface area (Å²) in [5.74, 6) is 3.11. The van der Waals surface area contributed by atoms with Crippen molar-refractivity contribution in [2.24, 2.45) is 0 Å². The lowest BCUT2D eigenvalue weighted by molar-refractivity contribution is 0.414. The van der Waals surface area contributed by atoms with Crippen molar-refractivity contribution in [3.63, 3.8) is 0 Å². The number of furan rings is 1. The Morgan fingerprint density at radius 3 is 2.83 bits per heavy atom. The van der Waals surface area contributed by atoms with Gasteiger partial charge in [-0.3, -0.25) is 4.57 Å². The summed E-state index contributed by atoms with van der Waals surface area (Å²) >= 11 is 4.96. The van der Waals surface area contributed by atoms with E-state index in [0.717, 1.165) is 29.0 Å². The molecule has 0 aliphatic rings. The summed E-state index contributed by atoms with van der Waals surface area (Å²) in [6.07, 6.45) is 0. The monoisotopic (exact) mass is 393 g/mol. The molecule has 0 radical (unpaired) electrons. The standard InChI is InChI=1S/C16H16BrN3O2S/c1-3-20-15(13-7-8-14(17)22-13)18-19-16(20)23-10-11-5-4-6-12(9-11)21-2/h4-9H,3,10H2,1-2H3. The molecular formula is C16H16BrN3O2S. The van der Waals surface area contributed by atoms with E-state index in [9.17, 15) is 0 Å². The van der Waals surface area contributed by atoms with E-state index in [2.05, 4.69) is 43.7 Å². The van der Waals surface area contributed by atoms with Crippen LogP contribution < -0.4 is 4.74 Å². The van der Waals surface area contributed by atoms with Gasteiger partial charge in [0.05, 0.1) is 7.11 Å². The number of ether oxygens (including phenoxy) is 1. The van der Waals surface area contributed by atoms with E-state index < -0.39 is 0 Å². The summed E-state index contributed by atoms with van der Waals surface area (Å²) in [6, 6.07) is 11.8. The summed E-state index contributed by atoms with van der Waals surface area (Å²) in [7, 11) is 1.67. The number of thioether (sulfide) groups is 1. The third kappa shape index (κ3) is 3.61. The number of hydrogen-bond donors (Lipinski definition) is 0. The Bertz CT molecular complexity index is 800. The molecule has 120 valence electrons. The fraction of sp³-hybridized carbons (Fsp3) is 0.250. The van der Waals surface area contributed by atoms with Gasteiger partial charge in [0, 0.05) is 12.3 Å². The fourth-order valence-corrected chi connectivity index (χ4v) is 3.46. The van der Waals surface area contributed by atoms with Gasteiger partial charge in [-0.25, -0.2) is 0 Å². The van der Waals surface area contributed by atoms with Crippen molar-refractivity contribution < 1.29 is 9.15 Å². The zero-order chi connectivity index (χ0) is 16.2. The Morgan fingerprint density at radius 1 is 1.26 bits per heavy atom. The van der Waals surface area contributed by atoms with Gasteiger partial charge in [0.25, 0.3) is 0 Å². The lowest BCUT2D eigenvalue weighted by Gasteiger charge is -2.06. The zero-order valence-electron chi connectivity index (χ0n) is 12.8. The molecule has 1 aromatic carbocycles. The molecule has 7 heteroatoms. The highest BCUT2D eigenvalue weighted by atomic mass is 79.9. The first-order valence-corrected chi connectivity index (χ1v) is 8.93. The van der Waals surface area contributed by atoms with Crippen molar-refractivity contribution in [2.45, 2.75) is 24.4 Å². The lowest BCUT2D eigenvalue weighted by atomic mass is 10.2. The normalized spacial score (nSPS) is 10.9. The van der Waals surface area contributed by atoms with Crippen molar-refractivity contribution in [2.75, 3.05) is 7.11 Å². The maximum atomic E-state index is 5.59. The van der Waals surface area contributed by atoms with Gasteiger partial charge in [-0.05, 0) is 52.7 Å². The second-order valence-corrected chi connectivity index (χ2v) is 6.52. The molecule has 0 N–H and O–H groups in total. The molecule has 0 atom stereocenters. The molecule has 0 aliphatic heterocycles. The average molecular weight is 394 g/mol. The van der Waals surface area contributed by atoms with Crippen LogP contribution in [0.4, 0.5) is 0 Å². The van der Waals surface area contributed by atoms with E-state index in [-0.39, 0.29) is 0 Å². The molecule has 5 nitrogen and oxygen atoms in total. The van der Waals surface area contributed by atoms with E-state index in [1.807, 2.05) is 30.3 Å². The molecule has 3 aromatic rings. The SMILES string of the molecule is CCn1c(SCc2cccc(OC)c2)nnc1-c1ccc(Br)o1. The molecule has 2 heterocycles. The van der Waals surface area contributed by atoms with E-state index in [1.165, 1.54) is 5.56 Å². The second kappa shape index (κ2) is 7.23. The van der Waals surface area contributed by atoms with Crippen LogP contribution in [-0.2, 0) is 12.3 Å². The first kappa shape index (κ1) is 16.1. The molecule has 0 unspecified atom stereocenters. The molecule has 0 fully saturated rings. The second-order valence-electron chi connectivity index (χ2n) is 4.79. The van der Waals surface area contributed by atoms with Gasteiger partial charge < -0.3 is 9.15 Å². The van der Waals surface area contributed by atoms with Gasteiger partial charge in [0.1, 0.15) is 5.75 Å². The number of rotatable bonds is 6. The lowest BCUT2D eigenvalue weighted by Crippen LogP contribution is -1.99. The summed E-state index contributed by atoms with van der Waals surface area (Å²) in [4.78, 5) is 0. The molecular weight excluding hydrogens is 378 g/mol. The highest BCUT2D eigenvalue weighted by Crippen LogP contribution is 2.29. The van der Waals surface area contributed by atoms with Crippen LogP contribution >= 0.6 is 27.7 Å². The first-order valence-electron chi connectivity index (χ1n) is 7.16. The van der Waals surface area contributed by atoms with Gasteiger partial charge in [-0.1, -0.05) is 23.9 Å². The minimum absolute atomic E-state index is 0.684. The Balaban J connectivity index is 1.79. The van der Waals surface area contributed by atoms with Crippen molar-refractivity contribution in [1.29, 1.82) is 0 Å². The summed E-state index contributed by atoms with van der Waals surface area (Å²) < 4.78 is 13.6. The van der Waals surface area contributed by atoms with Crippen molar-refractivity contribution >= 4 is 27.7 Å². The number of benzene rings is 1. The van der Waals surface area contributed by atoms with Crippen LogP contribution in [0.25, 0.3) is 11.6 Å². The summed E-state index contributed by atoms with van der Waals surface area (Å²) in [6.45, 7) is 2.85. The first-order chi connectivity index (χ1) is 11.2. The fourth-order valence-electron chi connectivity index (χ4n) is 2.21. The predicted octanol–water partition coefficient (Wildman–Crippen LogP) is 4.62. The average Bonchev–Trinajstić information content (AvgIpc) is 3.18. The topological polar surface area (TPSA) is 53.1 Å². The van der Waals surface area contributed by atoms with Crippen LogP contribution in [0.15, 0.2) is 50.6 Å². The molecule has 0 spiro atoms. The molecule has 23 heavy (non-hydrogen) atoms. The van der Waals surface area contributed by atoms with E-state index >= 15 is 0 Å². The molecule has 0 bridgehead atoms. The van der Waals surface area contributed by atoms with Crippen LogP contribution in [0.5, 0.6) is 5.75 Å². The van der Waals surface area contributed by atoms with Gasteiger partial charge >= 0.3 is 0 Å². The molecule has 2 aromatic heterocycles. The minimum atomic E-state index is 0.684. The number of aromatic nitrogens is 3. The molecule has 0 saturated heterocycles. The third-order valence-electron chi connectivity index (χ3n) is 3.33. The highest BCUT2D eigenvalue weighted by molar-refractivity contribution is 9.10. The Labute approximate surface area is 147 Å². The maximum Gasteiger partial charge on any atom is 0.200 e. The quantitative estimate of drug-likeness (QED) is 0.571. The van der Waals surface area contributed by atoms with Crippen LogP contribution in [0.2, 0.25) is 0 Å². The van der Waals surface area contributed by atoms with Crippen LogP contribution in [0, 0.1) is 0 Å². The zero-order valence-corrected chi connectivity index (χ0v) is 15.2. The Kier molecular flexibility index (Phi) is 5.07. The number of halogens is 1. The number of methoxy groups -OCH3 is 1. The molecule has 3 rings (SSSR count). The number of nitrogens with zero attached hydrogens (tertiary/aromatic N) is 3. The minimum Gasteiger partial charge on any atom is -0.497 e. The van der Waals surface area contributed by atoms with E-state index in [1.54, 1.807) is 18.9 Å². The van der Waals surface area contributed by atoms with Gasteiger partial charge in [0.15, 0.2) is 15.6 Å². The van der Waals surface area contributed by atoms with Gasteiger partial charge in [0.2, 0.25) is 5.82 Å². The molecule has 0 saturated carbocycles. The highest BCUT2D eigenvalue weighted by Gasteiger charge is 2.16. The van der Waals surface area contributed by atoms with Gasteiger partial charge in [-0.15, -0.1) is 10.2 Å². The number of hydrogen-bond acceptors (Lipinski definition) is 5. The smallest absolute Gasteiger partial charge is 0.200 e. The maximum absolute atomic E-state index is 5.59. The summed E-state index contributed by atoms with van der Waals surface area (Å²) in [5, 5.41) is 9.44. The van der Waals surface area contributed by atoms with Crippen molar-refractivity contribution in [3.05, 3.63) is 46.6 Å². The largest absolute Gasteiger partial charge is 0.497 e. The molecule has 0 aliphatic carbocycles. The van der Waals surface area contributed by atoms with Crippen LogP contribution in [0.1, 0.15) is 12.5 Å². The third-order valence-corrected chi connectivity index (χ3v) is 4.79. The molecule has 0 amide bonds. The van der Waals surface area contributed by atoms with Crippen LogP contribution in [-0.4, -0.2) is 21.9 Å². The van der Waals surface area contributed by atoms with E-state index in [4.69, 9.17) is 9.15 Å². The Hall–Kier alpha value is -1.73. The van der Waals surface area contributed by atoms with E-state index in [0.29, 0.717) is 10.4 Å². The van der Waals surface area contributed by atoms with Crippen molar-refractivity contribution in [3.8, 4) is 17.3 Å².